The first-order chi connectivity index (χ1) is 12.1. The molecule has 1 saturated heterocycles. The summed E-state index contributed by atoms with van der Waals surface area (Å²) in [7, 11) is 0. The fourth-order valence-corrected chi connectivity index (χ4v) is 4.50. The lowest BCUT2D eigenvalue weighted by atomic mass is 9.77. The molecule has 0 bridgehead atoms. The lowest BCUT2D eigenvalue weighted by Crippen LogP contribution is -2.53. The van der Waals surface area contributed by atoms with Crippen molar-refractivity contribution in [2.24, 2.45) is 5.92 Å². The lowest BCUT2D eigenvalue weighted by molar-refractivity contribution is -0.143. The number of Topliss-reactive ketones (excluding diaryl/α,β-unsaturated/α-hetero) is 1. The van der Waals surface area contributed by atoms with E-state index in [0.29, 0.717) is 31.6 Å². The molecule has 1 N–H and O–H groups in total. The molecule has 1 aliphatic carbocycles. The Balaban J connectivity index is 1.45. The van der Waals surface area contributed by atoms with Crippen molar-refractivity contribution < 1.29 is 14.0 Å². The van der Waals surface area contributed by atoms with Crippen molar-refractivity contribution in [1.29, 1.82) is 0 Å². The molecule has 1 aromatic heterocycles. The highest BCUT2D eigenvalue weighted by Crippen LogP contribution is 2.34. The maximum atomic E-state index is 13.3. The van der Waals surface area contributed by atoms with Crippen LogP contribution in [0, 0.1) is 11.7 Å². The average molecular weight is 342 g/mol. The number of hydrogen-bond donors (Lipinski definition) is 1. The summed E-state index contributed by atoms with van der Waals surface area (Å²) < 4.78 is 13.3. The van der Waals surface area contributed by atoms with E-state index in [2.05, 4.69) is 4.98 Å². The molecule has 4 nitrogen and oxygen atoms in total. The van der Waals surface area contributed by atoms with Crippen molar-refractivity contribution in [3.8, 4) is 0 Å². The number of carbonyl (C=O) groups is 2. The zero-order valence-corrected chi connectivity index (χ0v) is 14.3. The van der Waals surface area contributed by atoms with E-state index in [1.807, 2.05) is 11.1 Å². The summed E-state index contributed by atoms with van der Waals surface area (Å²) >= 11 is 0. The monoisotopic (exact) mass is 342 g/mol. The number of likely N-dealkylation sites (tertiary alicyclic amines) is 1. The number of ketones is 1. The molecule has 0 spiro atoms. The topological polar surface area (TPSA) is 53.2 Å². The van der Waals surface area contributed by atoms with Gasteiger partial charge in [-0.15, -0.1) is 0 Å². The lowest BCUT2D eigenvalue weighted by Gasteiger charge is -2.43. The Morgan fingerprint density at radius 3 is 3.00 bits per heavy atom. The molecule has 1 aromatic carbocycles. The molecule has 1 aliphatic heterocycles. The Kier molecular flexibility index (Phi) is 4.32. The number of aryl methyl sites for hydroxylation is 1. The van der Waals surface area contributed by atoms with Gasteiger partial charge >= 0.3 is 0 Å². The first-order valence-electron chi connectivity index (χ1n) is 9.21. The molecule has 2 aliphatic rings. The quantitative estimate of drug-likeness (QED) is 0.926. The minimum Gasteiger partial charge on any atom is -0.361 e. The van der Waals surface area contributed by atoms with E-state index in [4.69, 9.17) is 0 Å². The molecule has 1 amide bonds. The molecule has 25 heavy (non-hydrogen) atoms. The number of nitrogens with one attached hydrogen (secondary N) is 1. The number of hydrogen-bond acceptors (Lipinski definition) is 2. The van der Waals surface area contributed by atoms with E-state index in [1.54, 1.807) is 6.07 Å². The average Bonchev–Trinajstić information content (AvgIpc) is 3.02. The van der Waals surface area contributed by atoms with Gasteiger partial charge < -0.3 is 9.88 Å². The van der Waals surface area contributed by atoms with Gasteiger partial charge in [-0.3, -0.25) is 9.59 Å². The number of benzene rings is 1. The zero-order valence-electron chi connectivity index (χ0n) is 14.3. The number of amides is 1. The van der Waals surface area contributed by atoms with Crippen molar-refractivity contribution in [3.63, 3.8) is 0 Å². The highest BCUT2D eigenvalue weighted by atomic mass is 19.1. The van der Waals surface area contributed by atoms with Crippen LogP contribution in [0.5, 0.6) is 0 Å². The second-order valence-electron chi connectivity index (χ2n) is 7.27. The molecule has 0 radical (unpaired) electrons. The van der Waals surface area contributed by atoms with E-state index in [9.17, 15) is 14.0 Å². The highest BCUT2D eigenvalue weighted by molar-refractivity contribution is 5.87. The molecular formula is C20H23FN2O2. The second-order valence-corrected chi connectivity index (χ2v) is 7.27. The van der Waals surface area contributed by atoms with Crippen LogP contribution in [0.4, 0.5) is 4.39 Å². The van der Waals surface area contributed by atoms with Gasteiger partial charge in [0.2, 0.25) is 5.91 Å². The van der Waals surface area contributed by atoms with Crippen LogP contribution >= 0.6 is 0 Å². The van der Waals surface area contributed by atoms with Gasteiger partial charge in [0.25, 0.3) is 0 Å². The predicted octanol–water partition coefficient (Wildman–Crippen LogP) is 3.60. The summed E-state index contributed by atoms with van der Waals surface area (Å²) in [6.45, 7) is 0.567. The summed E-state index contributed by atoms with van der Waals surface area (Å²) in [5.41, 5.74) is 1.80. The van der Waals surface area contributed by atoms with E-state index >= 15 is 0 Å². The smallest absolute Gasteiger partial charge is 0.223 e. The van der Waals surface area contributed by atoms with Gasteiger partial charge in [0.1, 0.15) is 11.6 Å². The Morgan fingerprint density at radius 2 is 2.12 bits per heavy atom. The van der Waals surface area contributed by atoms with Crippen LogP contribution in [0.25, 0.3) is 10.9 Å². The van der Waals surface area contributed by atoms with Crippen molar-refractivity contribution >= 4 is 22.6 Å². The van der Waals surface area contributed by atoms with Gasteiger partial charge in [0, 0.05) is 48.4 Å². The van der Waals surface area contributed by atoms with Gasteiger partial charge in [-0.1, -0.05) is 12.8 Å². The molecule has 5 heteroatoms. The van der Waals surface area contributed by atoms with Crippen LogP contribution in [0.2, 0.25) is 0 Å². The normalized spacial score (nSPS) is 23.7. The minimum absolute atomic E-state index is 0.0579. The van der Waals surface area contributed by atoms with Crippen LogP contribution in [-0.4, -0.2) is 34.2 Å². The minimum atomic E-state index is -0.265. The molecule has 2 fully saturated rings. The first kappa shape index (κ1) is 16.3. The summed E-state index contributed by atoms with van der Waals surface area (Å²) in [6.07, 6.45) is 7.51. The number of nitrogens with zero attached hydrogens (tertiary/aromatic N) is 1. The Bertz CT molecular complexity index is 813. The Labute approximate surface area is 146 Å². The van der Waals surface area contributed by atoms with Crippen LogP contribution in [0.15, 0.2) is 24.4 Å². The van der Waals surface area contributed by atoms with Crippen LogP contribution in [0.1, 0.15) is 44.1 Å². The number of aromatic amines is 1. The SMILES string of the molecule is O=C1CCN(C(=O)CCc2c[nH]c3cc(F)ccc23)C2CCCCC12. The third-order valence-corrected chi connectivity index (χ3v) is 5.80. The van der Waals surface area contributed by atoms with Gasteiger partial charge in [-0.05, 0) is 43.0 Å². The second kappa shape index (κ2) is 6.62. The van der Waals surface area contributed by atoms with Gasteiger partial charge in [0.15, 0.2) is 0 Å². The predicted molar refractivity (Wildman–Crippen MR) is 93.7 cm³/mol. The number of rotatable bonds is 3. The van der Waals surface area contributed by atoms with Crippen molar-refractivity contribution in [1.82, 2.24) is 9.88 Å². The van der Waals surface area contributed by atoms with Crippen LogP contribution in [-0.2, 0) is 16.0 Å². The van der Waals surface area contributed by atoms with E-state index in [-0.39, 0.29) is 23.7 Å². The summed E-state index contributed by atoms with van der Waals surface area (Å²) in [5, 5.41) is 0.971. The maximum Gasteiger partial charge on any atom is 0.223 e. The van der Waals surface area contributed by atoms with Gasteiger partial charge in [-0.25, -0.2) is 4.39 Å². The number of carbonyl (C=O) groups excluding carboxylic acids is 2. The summed E-state index contributed by atoms with van der Waals surface area (Å²) in [5.74, 6) is 0.272. The molecule has 2 heterocycles. The van der Waals surface area contributed by atoms with Gasteiger partial charge in [-0.2, -0.15) is 0 Å². The molecule has 2 atom stereocenters. The van der Waals surface area contributed by atoms with E-state index in [1.165, 1.54) is 12.1 Å². The summed E-state index contributed by atoms with van der Waals surface area (Å²) in [6, 6.07) is 4.80. The first-order valence-corrected chi connectivity index (χ1v) is 9.21. The highest BCUT2D eigenvalue weighted by Gasteiger charge is 2.40. The van der Waals surface area contributed by atoms with Crippen molar-refractivity contribution in [3.05, 3.63) is 35.8 Å². The number of aromatic nitrogens is 1. The Hall–Kier alpha value is -2.17. The van der Waals surface area contributed by atoms with Crippen molar-refractivity contribution in [2.75, 3.05) is 6.54 Å². The van der Waals surface area contributed by atoms with Crippen molar-refractivity contribution in [2.45, 2.75) is 51.0 Å². The summed E-state index contributed by atoms with van der Waals surface area (Å²) in [4.78, 5) is 30.0. The zero-order chi connectivity index (χ0) is 17.4. The molecule has 2 aromatic rings. The maximum absolute atomic E-state index is 13.3. The van der Waals surface area contributed by atoms with Gasteiger partial charge in [0.05, 0.1) is 0 Å². The largest absolute Gasteiger partial charge is 0.361 e. The van der Waals surface area contributed by atoms with Crippen LogP contribution in [0.3, 0.4) is 0 Å². The molecule has 132 valence electrons. The molecular weight excluding hydrogens is 319 g/mol. The number of H-pyrrole nitrogens is 1. The third kappa shape index (κ3) is 3.08. The fourth-order valence-electron chi connectivity index (χ4n) is 4.50. The fraction of sp³-hybridized carbons (Fsp3) is 0.500. The number of halogens is 1. The van der Waals surface area contributed by atoms with Crippen LogP contribution < -0.4 is 0 Å². The molecule has 4 rings (SSSR count). The Morgan fingerprint density at radius 1 is 1.28 bits per heavy atom. The number of fused-ring (bicyclic) bond motifs is 2. The number of piperidine rings is 1. The molecule has 1 saturated carbocycles. The molecule has 2 unspecified atom stereocenters. The third-order valence-electron chi connectivity index (χ3n) is 5.80. The standard InChI is InChI=1S/C20H23FN2O2/c21-14-6-7-15-13(12-22-17(15)11-14)5-8-20(25)23-10-9-19(24)16-3-1-2-4-18(16)23/h6-7,11-12,16,18,22H,1-5,8-10H2. The van der Waals surface area contributed by atoms with E-state index < -0.39 is 0 Å². The van der Waals surface area contributed by atoms with E-state index in [0.717, 1.165) is 42.1 Å².